The number of hydrogen-bond acceptors (Lipinski definition) is 6. The summed E-state index contributed by atoms with van der Waals surface area (Å²) < 4.78 is 3.33. The summed E-state index contributed by atoms with van der Waals surface area (Å²) in [7, 11) is 0. The van der Waals surface area contributed by atoms with Crippen LogP contribution in [0.3, 0.4) is 0 Å². The lowest BCUT2D eigenvalue weighted by Crippen LogP contribution is -2.23. The molecule has 3 aromatic rings. The normalized spacial score (nSPS) is 13.5. The van der Waals surface area contributed by atoms with E-state index in [-0.39, 0.29) is 11.5 Å². The van der Waals surface area contributed by atoms with Gasteiger partial charge in [0.25, 0.3) is 11.5 Å². The van der Waals surface area contributed by atoms with Crippen molar-refractivity contribution in [2.45, 2.75) is 38.0 Å². The molecule has 7 nitrogen and oxygen atoms in total. The maximum Gasteiger partial charge on any atom is 0.270 e. The smallest absolute Gasteiger partial charge is 0.270 e. The molecule has 1 aliphatic carbocycles. The average Bonchev–Trinajstić information content (AvgIpc) is 3.54. The number of anilines is 1. The highest BCUT2D eigenvalue weighted by Crippen LogP contribution is 2.34. The maximum absolute atomic E-state index is 12.5. The van der Waals surface area contributed by atoms with Crippen LogP contribution in [0.1, 0.15) is 41.5 Å². The largest absolute Gasteiger partial charge is 0.346 e. The lowest BCUT2D eigenvalue weighted by Gasteiger charge is -2.08. The Bertz CT molecular complexity index is 1080. The Labute approximate surface area is 166 Å². The fraction of sp³-hybridized carbons (Fsp3) is 0.300. The summed E-state index contributed by atoms with van der Waals surface area (Å²) >= 11 is 1.73. The fourth-order valence-corrected chi connectivity index (χ4v) is 3.55. The summed E-state index contributed by atoms with van der Waals surface area (Å²) in [5.41, 5.74) is 3.76. The number of H-pyrrole nitrogens is 1. The number of pyridine rings is 1. The number of benzene rings is 1. The Balaban J connectivity index is 1.43. The van der Waals surface area contributed by atoms with Gasteiger partial charge in [-0.2, -0.15) is 0 Å². The van der Waals surface area contributed by atoms with Crippen LogP contribution in [0.15, 0.2) is 41.3 Å². The van der Waals surface area contributed by atoms with Crippen molar-refractivity contribution in [3.63, 3.8) is 0 Å². The molecule has 1 fully saturated rings. The molecular weight excluding hydrogens is 374 g/mol. The molecule has 28 heavy (non-hydrogen) atoms. The van der Waals surface area contributed by atoms with Crippen LogP contribution < -0.4 is 15.6 Å². The first-order chi connectivity index (χ1) is 13.6. The lowest BCUT2D eigenvalue weighted by molar-refractivity contribution is 0.0950. The monoisotopic (exact) mass is 395 g/mol. The summed E-state index contributed by atoms with van der Waals surface area (Å²) in [6.45, 7) is 2.21. The van der Waals surface area contributed by atoms with E-state index in [1.54, 1.807) is 36.3 Å². The zero-order chi connectivity index (χ0) is 19.5. The Kier molecular flexibility index (Phi) is 5.29. The van der Waals surface area contributed by atoms with Crippen LogP contribution in [0, 0.1) is 0 Å². The zero-order valence-corrected chi connectivity index (χ0v) is 16.3. The predicted molar refractivity (Wildman–Crippen MR) is 111 cm³/mol. The van der Waals surface area contributed by atoms with Crippen LogP contribution in [0.25, 0.3) is 11.0 Å². The van der Waals surface area contributed by atoms with Crippen LogP contribution in [-0.4, -0.2) is 26.1 Å². The molecule has 144 valence electrons. The molecule has 0 radical (unpaired) electrons. The molecule has 0 atom stereocenters. The molecule has 3 N–H and O–H groups in total. The number of carbonyl (C=O) groups excluding carboxylic acids is 1. The molecule has 4 rings (SSSR count). The summed E-state index contributed by atoms with van der Waals surface area (Å²) in [5.74, 6) is -0.208. The number of carbonyl (C=O) groups is 1. The van der Waals surface area contributed by atoms with Gasteiger partial charge in [0.2, 0.25) is 0 Å². The van der Waals surface area contributed by atoms with Crippen molar-refractivity contribution in [1.29, 1.82) is 0 Å². The molecule has 0 bridgehead atoms. The zero-order valence-electron chi connectivity index (χ0n) is 15.5. The number of aryl methyl sites for hydroxylation is 1. The molecule has 0 saturated heterocycles. The van der Waals surface area contributed by atoms with Crippen molar-refractivity contribution in [3.8, 4) is 0 Å². The second-order valence-corrected chi connectivity index (χ2v) is 7.84. The summed E-state index contributed by atoms with van der Waals surface area (Å²) in [6, 6.07) is 8.93. The fourth-order valence-electron chi connectivity index (χ4n) is 2.75. The van der Waals surface area contributed by atoms with Crippen molar-refractivity contribution >= 4 is 34.6 Å². The third-order valence-corrected chi connectivity index (χ3v) is 5.63. The van der Waals surface area contributed by atoms with Gasteiger partial charge >= 0.3 is 0 Å². The van der Waals surface area contributed by atoms with E-state index in [4.69, 9.17) is 0 Å². The molecule has 1 amide bonds. The molecule has 0 aliphatic heterocycles. The number of amides is 1. The summed E-state index contributed by atoms with van der Waals surface area (Å²) in [4.78, 5) is 35.8. The number of aromatic nitrogens is 3. The Morgan fingerprint density at radius 1 is 1.29 bits per heavy atom. The highest BCUT2D eigenvalue weighted by atomic mass is 32.2. The van der Waals surface area contributed by atoms with Gasteiger partial charge in [-0.05, 0) is 61.5 Å². The van der Waals surface area contributed by atoms with E-state index in [2.05, 4.69) is 25.0 Å². The highest BCUT2D eigenvalue weighted by molar-refractivity contribution is 8.01. The number of nitrogens with zero attached hydrogens (tertiary/aromatic N) is 2. The first kappa shape index (κ1) is 18.5. The Morgan fingerprint density at radius 2 is 2.14 bits per heavy atom. The molecule has 0 spiro atoms. The van der Waals surface area contributed by atoms with Gasteiger partial charge in [-0.15, -0.1) is 0 Å². The summed E-state index contributed by atoms with van der Waals surface area (Å²) in [5, 5.41) is 3.60. The van der Waals surface area contributed by atoms with Crippen LogP contribution >= 0.6 is 11.9 Å². The van der Waals surface area contributed by atoms with Crippen molar-refractivity contribution < 1.29 is 4.79 Å². The minimum Gasteiger partial charge on any atom is -0.346 e. The van der Waals surface area contributed by atoms with Gasteiger partial charge in [-0.25, -0.2) is 4.98 Å². The minimum atomic E-state index is -0.208. The van der Waals surface area contributed by atoms with E-state index >= 15 is 0 Å². The van der Waals surface area contributed by atoms with E-state index in [1.165, 1.54) is 12.8 Å². The number of rotatable bonds is 7. The summed E-state index contributed by atoms with van der Waals surface area (Å²) in [6.07, 6.45) is 4.80. The van der Waals surface area contributed by atoms with E-state index in [0.29, 0.717) is 40.5 Å². The second-order valence-electron chi connectivity index (χ2n) is 6.74. The van der Waals surface area contributed by atoms with Gasteiger partial charge in [-0.3, -0.25) is 14.6 Å². The molecule has 2 aromatic heterocycles. The van der Waals surface area contributed by atoms with Crippen LogP contribution in [0.2, 0.25) is 0 Å². The second kappa shape index (κ2) is 8.02. The van der Waals surface area contributed by atoms with Gasteiger partial charge in [0.1, 0.15) is 5.69 Å². The predicted octanol–water partition coefficient (Wildman–Crippen LogP) is 3.03. The van der Waals surface area contributed by atoms with Gasteiger partial charge in [0.15, 0.2) is 0 Å². The van der Waals surface area contributed by atoms with Crippen molar-refractivity contribution in [3.05, 3.63) is 63.8 Å². The Morgan fingerprint density at radius 3 is 2.93 bits per heavy atom. The first-order valence-electron chi connectivity index (χ1n) is 9.30. The quantitative estimate of drug-likeness (QED) is 0.532. The SMILES string of the molecule is CCc1nc2cc(C(=O)NCc3cc(NSC4CC4)ccn3)ccc2[nH]c1=O. The third-order valence-electron chi connectivity index (χ3n) is 4.47. The topological polar surface area (TPSA) is 99.8 Å². The molecule has 1 saturated carbocycles. The van der Waals surface area contributed by atoms with E-state index in [9.17, 15) is 9.59 Å². The van der Waals surface area contributed by atoms with E-state index in [1.807, 2.05) is 19.1 Å². The number of nitrogens with one attached hydrogen (secondary N) is 3. The van der Waals surface area contributed by atoms with Crippen molar-refractivity contribution in [2.75, 3.05) is 4.72 Å². The van der Waals surface area contributed by atoms with Crippen molar-refractivity contribution in [1.82, 2.24) is 20.3 Å². The maximum atomic E-state index is 12.5. The van der Waals surface area contributed by atoms with Gasteiger partial charge in [0.05, 0.1) is 23.3 Å². The lowest BCUT2D eigenvalue weighted by atomic mass is 10.1. The molecule has 8 heteroatoms. The van der Waals surface area contributed by atoms with Gasteiger partial charge < -0.3 is 15.0 Å². The van der Waals surface area contributed by atoms with Gasteiger partial charge in [0, 0.05) is 22.7 Å². The highest BCUT2D eigenvalue weighted by Gasteiger charge is 2.22. The molecule has 0 unspecified atom stereocenters. The van der Waals surface area contributed by atoms with Crippen LogP contribution in [0.4, 0.5) is 5.69 Å². The Hall–Kier alpha value is -2.87. The van der Waals surface area contributed by atoms with Gasteiger partial charge in [-0.1, -0.05) is 6.92 Å². The van der Waals surface area contributed by atoms with E-state index in [0.717, 1.165) is 11.4 Å². The number of fused-ring (bicyclic) bond motifs is 1. The molecular formula is C20H21N5O2S. The molecule has 1 aromatic carbocycles. The van der Waals surface area contributed by atoms with E-state index < -0.39 is 0 Å². The molecule has 2 heterocycles. The van der Waals surface area contributed by atoms with Crippen LogP contribution in [-0.2, 0) is 13.0 Å². The third kappa shape index (κ3) is 4.33. The standard InChI is InChI=1S/C20H21N5O2S/c1-2-16-20(27)24-17-6-3-12(9-18(17)23-16)19(26)22-11-14-10-13(7-8-21-14)25-28-15-4-5-15/h3,6-10,15H,2,4-5,11H2,1H3,(H,21,25)(H,22,26)(H,24,27). The average molecular weight is 395 g/mol. The van der Waals surface area contributed by atoms with Crippen LogP contribution in [0.5, 0.6) is 0 Å². The first-order valence-corrected chi connectivity index (χ1v) is 10.2. The minimum absolute atomic E-state index is 0.188. The number of hydrogen-bond donors (Lipinski definition) is 3. The van der Waals surface area contributed by atoms with Crippen molar-refractivity contribution in [2.24, 2.45) is 0 Å². The molecule has 1 aliphatic rings. The number of aromatic amines is 1.